The summed E-state index contributed by atoms with van der Waals surface area (Å²) < 4.78 is 229. The maximum atomic E-state index is 9.49. The van der Waals surface area contributed by atoms with E-state index in [-0.39, 0.29) is 16.7 Å². The average Bonchev–Trinajstić information content (AvgIpc) is 3.30. The Morgan fingerprint density at radius 2 is 0.881 bits per heavy atom. The second-order valence-corrected chi connectivity index (χ2v) is 9.27. The van der Waals surface area contributed by atoms with Crippen LogP contribution >= 0.6 is 0 Å². The van der Waals surface area contributed by atoms with Gasteiger partial charge in [0, 0.05) is 0 Å². The molecule has 0 spiro atoms. The molecule has 0 saturated carbocycles. The lowest BCUT2D eigenvalue weighted by Crippen LogP contribution is -1.99. The molecule has 0 amide bonds. The summed E-state index contributed by atoms with van der Waals surface area (Å²) in [4.78, 5) is 0. The first-order valence-electron chi connectivity index (χ1n) is 25.7. The fraction of sp³-hybridized carbons (Fsp3) is 0.0476. The van der Waals surface area contributed by atoms with Crippen LogP contribution in [-0.2, 0) is 12.8 Å². The van der Waals surface area contributed by atoms with E-state index in [1.807, 2.05) is 0 Å². The molecular formula is C42H30. The lowest BCUT2D eigenvalue weighted by molar-refractivity contribution is 1.22. The van der Waals surface area contributed by atoms with Gasteiger partial charge in [-0.15, -0.1) is 0 Å². The second kappa shape index (κ2) is 10.3. The van der Waals surface area contributed by atoms with Crippen LogP contribution in [0, 0.1) is 0 Å². The molecule has 198 valence electrons. The molecule has 0 N–H and O–H groups in total. The van der Waals surface area contributed by atoms with Gasteiger partial charge in [0.25, 0.3) is 0 Å². The first-order valence-corrected chi connectivity index (χ1v) is 12.7. The molecule has 42 heavy (non-hydrogen) atoms. The summed E-state index contributed by atoms with van der Waals surface area (Å²) in [6, 6.07) is -20.9. The van der Waals surface area contributed by atoms with E-state index in [1.165, 1.54) is 0 Å². The maximum absolute atomic E-state index is 9.49. The first-order chi connectivity index (χ1) is 31.6. The highest BCUT2D eigenvalue weighted by Gasteiger charge is 2.15. The SMILES string of the molecule is [2H]c1c([2H])c(Cc2c3c([2H])c([2H])c([2H])c([2H])c3c(Cc3c([2H])c([2H])c([2H])c4c([2H])c([2H])c([2H])c([2H])c34)c3c([2H])c([2H])c([2H])c([2H])c23)c([2H])c(-c2c([2H])c([2H])c3c([2H])c([2H])c([2H])c([2H])c3c2[2H])c1[2H]. The van der Waals surface area contributed by atoms with Crippen molar-refractivity contribution in [1.29, 1.82) is 0 Å². The molecule has 0 bridgehead atoms. The Morgan fingerprint density at radius 3 is 1.60 bits per heavy atom. The smallest absolute Gasteiger partial charge is 0.0616 e. The summed E-state index contributed by atoms with van der Waals surface area (Å²) in [5.41, 5.74) is -2.96. The standard InChI is InChI=1S/C42H30/c1-2-14-33-27-34(24-23-30(33)12-1)32-16-9-11-29(25-32)26-41-37-19-5-7-21-39(37)42(40-22-8-6-20-38(40)41)28-35-17-10-15-31-13-3-4-18-36(31)35/h1-25,27H,26,28H2/i1D,2D,3D,4D,5D,6D,7D,8D,9D,10D,11D,12D,13D,14D,15D,16D,17D,18D,19D,20D,21D,22D,23D,24D,25D,27D. The first kappa shape index (κ1) is 9.68. The molecule has 0 aliphatic heterocycles. The maximum Gasteiger partial charge on any atom is 0.0636 e. The Morgan fingerprint density at radius 1 is 0.357 bits per heavy atom. The number of rotatable bonds is 5. The Balaban J connectivity index is 1.55. The zero-order valence-corrected chi connectivity index (χ0v) is 21.4. The molecule has 0 nitrogen and oxygen atoms in total. The van der Waals surface area contributed by atoms with Crippen molar-refractivity contribution < 1.29 is 35.6 Å². The van der Waals surface area contributed by atoms with Crippen LogP contribution in [0.1, 0.15) is 57.9 Å². The van der Waals surface area contributed by atoms with Crippen molar-refractivity contribution in [3.63, 3.8) is 0 Å². The van der Waals surface area contributed by atoms with Crippen LogP contribution in [0.4, 0.5) is 0 Å². The molecule has 0 fully saturated rings. The van der Waals surface area contributed by atoms with Gasteiger partial charge in [0.2, 0.25) is 0 Å². The molecule has 0 heteroatoms. The predicted octanol–water partition coefficient (Wildman–Crippen LogP) is 11.1. The van der Waals surface area contributed by atoms with Crippen molar-refractivity contribution in [2.24, 2.45) is 0 Å². The highest BCUT2D eigenvalue weighted by molar-refractivity contribution is 6.06. The van der Waals surface area contributed by atoms with Gasteiger partial charge < -0.3 is 0 Å². The fourth-order valence-electron chi connectivity index (χ4n) is 4.99. The second-order valence-electron chi connectivity index (χ2n) is 9.27. The van der Waals surface area contributed by atoms with Crippen LogP contribution in [-0.4, -0.2) is 0 Å². The quantitative estimate of drug-likeness (QED) is 0.184. The molecule has 0 radical (unpaired) electrons. The van der Waals surface area contributed by atoms with Crippen molar-refractivity contribution >= 4 is 43.1 Å². The summed E-state index contributed by atoms with van der Waals surface area (Å²) >= 11 is 0. The zero-order valence-electron chi connectivity index (χ0n) is 47.4. The molecule has 8 rings (SSSR count). The van der Waals surface area contributed by atoms with Gasteiger partial charge in [-0.1, -0.05) is 151 Å². The molecule has 8 aromatic carbocycles. The van der Waals surface area contributed by atoms with Crippen LogP contribution in [0.5, 0.6) is 0 Å². The van der Waals surface area contributed by atoms with E-state index in [1.54, 1.807) is 0 Å². The zero-order chi connectivity index (χ0) is 50.5. The van der Waals surface area contributed by atoms with E-state index < -0.39 is 230 Å². The van der Waals surface area contributed by atoms with Gasteiger partial charge >= 0.3 is 0 Å². The van der Waals surface area contributed by atoms with Crippen LogP contribution in [0.15, 0.2) is 157 Å². The van der Waals surface area contributed by atoms with Crippen molar-refractivity contribution in [3.05, 3.63) is 179 Å². The molecule has 0 atom stereocenters. The van der Waals surface area contributed by atoms with Crippen LogP contribution in [0.25, 0.3) is 54.2 Å². The van der Waals surface area contributed by atoms with E-state index >= 15 is 0 Å². The summed E-state index contributed by atoms with van der Waals surface area (Å²) in [7, 11) is 0. The lowest BCUT2D eigenvalue weighted by atomic mass is 9.86. The van der Waals surface area contributed by atoms with Gasteiger partial charge in [0.05, 0.1) is 35.6 Å². The van der Waals surface area contributed by atoms with Gasteiger partial charge in [-0.2, -0.15) is 0 Å². The predicted molar refractivity (Wildman–Crippen MR) is 180 cm³/mol. The van der Waals surface area contributed by atoms with Gasteiger partial charge in [-0.3, -0.25) is 0 Å². The van der Waals surface area contributed by atoms with Gasteiger partial charge in [0.15, 0.2) is 0 Å². The van der Waals surface area contributed by atoms with E-state index in [9.17, 15) is 6.85 Å². The number of hydrogen-bond donors (Lipinski definition) is 0. The van der Waals surface area contributed by atoms with Gasteiger partial charge in [-0.05, 0) is 95.4 Å². The minimum atomic E-state index is -0.913. The van der Waals surface area contributed by atoms with Gasteiger partial charge in [0.1, 0.15) is 0 Å². The molecule has 8 aromatic rings. The summed E-state index contributed by atoms with van der Waals surface area (Å²) in [5, 5.41) is -3.69. The topological polar surface area (TPSA) is 0 Å². The lowest BCUT2D eigenvalue weighted by Gasteiger charge is -2.18. The average molecular weight is 561 g/mol. The molecule has 0 unspecified atom stereocenters. The highest BCUT2D eigenvalue weighted by Crippen LogP contribution is 2.37. The van der Waals surface area contributed by atoms with Crippen molar-refractivity contribution in [2.75, 3.05) is 0 Å². The Labute approximate surface area is 283 Å². The molecule has 0 aliphatic rings. The van der Waals surface area contributed by atoms with E-state index in [0.29, 0.717) is 0 Å². The third-order valence-electron chi connectivity index (χ3n) is 6.86. The number of hydrogen-bond acceptors (Lipinski definition) is 0. The third kappa shape index (κ3) is 4.33. The van der Waals surface area contributed by atoms with Crippen molar-refractivity contribution in [3.8, 4) is 11.1 Å². The number of fused-ring (bicyclic) bond motifs is 4. The molecule has 0 aromatic heterocycles. The number of benzene rings is 8. The molecule has 0 aliphatic carbocycles. The third-order valence-corrected chi connectivity index (χ3v) is 6.86. The minimum absolute atomic E-state index is 0.320. The van der Waals surface area contributed by atoms with Crippen LogP contribution in [0.3, 0.4) is 0 Å². The van der Waals surface area contributed by atoms with Crippen LogP contribution < -0.4 is 0 Å². The fourth-order valence-corrected chi connectivity index (χ4v) is 4.99. The normalized spacial score (nSPS) is 20.2. The summed E-state index contributed by atoms with van der Waals surface area (Å²) in [6.07, 6.45) is -1.65. The Kier molecular flexibility index (Phi) is 2.38. The molecule has 0 saturated heterocycles. The minimum Gasteiger partial charge on any atom is -0.0616 e. The van der Waals surface area contributed by atoms with Crippen molar-refractivity contribution in [1.82, 2.24) is 0 Å². The largest absolute Gasteiger partial charge is 0.0636 e. The molecule has 0 heterocycles. The van der Waals surface area contributed by atoms with Crippen LogP contribution in [0.2, 0.25) is 0 Å². The van der Waals surface area contributed by atoms with Gasteiger partial charge in [-0.25, -0.2) is 0 Å². The summed E-state index contributed by atoms with van der Waals surface area (Å²) in [5.74, 6) is 0. The Bertz CT molecular complexity index is 3600. The Hall–Kier alpha value is -5.20. The van der Waals surface area contributed by atoms with Crippen molar-refractivity contribution in [2.45, 2.75) is 12.8 Å². The van der Waals surface area contributed by atoms with E-state index in [0.717, 1.165) is 0 Å². The monoisotopic (exact) mass is 560 g/mol. The highest BCUT2D eigenvalue weighted by atomic mass is 14.2. The summed E-state index contributed by atoms with van der Waals surface area (Å²) in [6.45, 7) is 0. The van der Waals surface area contributed by atoms with E-state index in [4.69, 9.17) is 28.8 Å². The molecular weight excluding hydrogens is 504 g/mol. The van der Waals surface area contributed by atoms with E-state index in [2.05, 4.69) is 0 Å².